The first-order valence-electron chi connectivity index (χ1n) is 6.90. The zero-order chi connectivity index (χ0) is 15.2. The summed E-state index contributed by atoms with van der Waals surface area (Å²) in [6.45, 7) is 4.31. The van der Waals surface area contributed by atoms with Crippen molar-refractivity contribution in [3.8, 4) is 5.75 Å². The number of hydrogen-bond acceptors (Lipinski definition) is 3. The van der Waals surface area contributed by atoms with Gasteiger partial charge in [0.2, 0.25) is 0 Å². The van der Waals surface area contributed by atoms with Gasteiger partial charge in [-0.05, 0) is 31.2 Å². The highest BCUT2D eigenvalue weighted by atomic mass is 79.9. The Morgan fingerprint density at radius 1 is 1.43 bits per heavy atom. The molecule has 2 aromatic rings. The molecule has 0 unspecified atom stereocenters. The molecule has 0 amide bonds. The van der Waals surface area contributed by atoms with Gasteiger partial charge in [-0.2, -0.15) is 0 Å². The summed E-state index contributed by atoms with van der Waals surface area (Å²) in [5.41, 5.74) is 1.12. The lowest BCUT2D eigenvalue weighted by Gasteiger charge is -2.12. The molecule has 0 atom stereocenters. The number of hydrogen-bond donors (Lipinski definition) is 1. The third-order valence-electron chi connectivity index (χ3n) is 3.15. The van der Waals surface area contributed by atoms with Crippen molar-refractivity contribution in [2.75, 3.05) is 6.54 Å². The Balaban J connectivity index is 2.06. The van der Waals surface area contributed by atoms with Crippen LogP contribution in [0.1, 0.15) is 24.7 Å². The van der Waals surface area contributed by atoms with Gasteiger partial charge in [0.25, 0.3) is 0 Å². The van der Waals surface area contributed by atoms with E-state index in [1.807, 2.05) is 23.7 Å². The molecule has 1 N–H and O–H groups in total. The molecular weight excluding hydrogens is 354 g/mol. The van der Waals surface area contributed by atoms with Gasteiger partial charge < -0.3 is 14.6 Å². The van der Waals surface area contributed by atoms with Crippen LogP contribution in [0.5, 0.6) is 5.75 Å². The molecule has 0 bridgehead atoms. The van der Waals surface area contributed by atoms with E-state index >= 15 is 0 Å². The summed E-state index contributed by atoms with van der Waals surface area (Å²) in [6, 6.07) is 6.02. The zero-order valence-corrected chi connectivity index (χ0v) is 14.5. The van der Waals surface area contributed by atoms with Crippen LogP contribution in [0.4, 0.5) is 0 Å². The quantitative estimate of drug-likeness (QED) is 0.749. The lowest BCUT2D eigenvalue weighted by atomic mass is 10.2. The molecule has 114 valence electrons. The predicted molar refractivity (Wildman–Crippen MR) is 88.7 cm³/mol. The van der Waals surface area contributed by atoms with E-state index in [1.54, 1.807) is 6.20 Å². The number of aromatic nitrogens is 2. The number of nitrogens with zero attached hydrogens (tertiary/aromatic N) is 2. The molecule has 0 aliphatic rings. The minimum absolute atomic E-state index is 0.394. The highest BCUT2D eigenvalue weighted by Gasteiger charge is 2.08. The van der Waals surface area contributed by atoms with Crippen molar-refractivity contribution in [3.63, 3.8) is 0 Å². The van der Waals surface area contributed by atoms with E-state index in [2.05, 4.69) is 39.2 Å². The molecule has 0 aliphatic heterocycles. The second kappa shape index (κ2) is 7.82. The lowest BCUT2D eigenvalue weighted by molar-refractivity contribution is 0.288. The lowest BCUT2D eigenvalue weighted by Crippen LogP contribution is -2.15. The number of nitrogens with one attached hydrogen (secondary N) is 1. The van der Waals surface area contributed by atoms with E-state index in [0.29, 0.717) is 11.8 Å². The molecule has 0 spiro atoms. The standard InChI is InChI=1S/C15H19BrClN3O/c1-3-6-18-8-11-7-12(16)4-5-13(11)21-10-15-19-9-14(17)20(15)2/h4-5,7,9,18H,3,6,8,10H2,1-2H3. The SMILES string of the molecule is CCCNCc1cc(Br)ccc1OCc1ncc(Cl)n1C. The first-order valence-corrected chi connectivity index (χ1v) is 8.07. The average molecular weight is 373 g/mol. The van der Waals surface area contributed by atoms with Gasteiger partial charge in [-0.15, -0.1) is 0 Å². The van der Waals surface area contributed by atoms with Crippen LogP contribution in [-0.4, -0.2) is 16.1 Å². The molecule has 1 heterocycles. The van der Waals surface area contributed by atoms with Crippen LogP contribution < -0.4 is 10.1 Å². The van der Waals surface area contributed by atoms with E-state index in [1.165, 1.54) is 0 Å². The second-order valence-electron chi connectivity index (χ2n) is 4.77. The minimum atomic E-state index is 0.394. The first-order chi connectivity index (χ1) is 10.1. The Labute approximate surface area is 138 Å². The van der Waals surface area contributed by atoms with Crippen molar-refractivity contribution in [2.24, 2.45) is 7.05 Å². The molecule has 0 saturated carbocycles. The van der Waals surface area contributed by atoms with Crippen LogP contribution in [0.25, 0.3) is 0 Å². The minimum Gasteiger partial charge on any atom is -0.485 e. The summed E-state index contributed by atoms with van der Waals surface area (Å²) in [6.07, 6.45) is 2.74. The van der Waals surface area contributed by atoms with Crippen molar-refractivity contribution in [1.82, 2.24) is 14.9 Å². The molecule has 0 aliphatic carbocycles. The molecule has 0 radical (unpaired) electrons. The third kappa shape index (κ3) is 4.46. The van der Waals surface area contributed by atoms with Crippen molar-refractivity contribution in [2.45, 2.75) is 26.5 Å². The smallest absolute Gasteiger partial charge is 0.147 e. The van der Waals surface area contributed by atoms with E-state index in [4.69, 9.17) is 16.3 Å². The molecular formula is C15H19BrClN3O. The average Bonchev–Trinajstić information content (AvgIpc) is 2.78. The Morgan fingerprint density at radius 2 is 2.24 bits per heavy atom. The fraction of sp³-hybridized carbons (Fsp3) is 0.400. The number of benzene rings is 1. The fourth-order valence-corrected chi connectivity index (χ4v) is 2.48. The van der Waals surface area contributed by atoms with Gasteiger partial charge >= 0.3 is 0 Å². The number of ether oxygens (including phenoxy) is 1. The Morgan fingerprint density at radius 3 is 2.90 bits per heavy atom. The summed E-state index contributed by atoms with van der Waals surface area (Å²) in [4.78, 5) is 4.23. The van der Waals surface area contributed by atoms with Gasteiger partial charge in [-0.3, -0.25) is 0 Å². The van der Waals surface area contributed by atoms with Crippen LogP contribution in [0.3, 0.4) is 0 Å². The highest BCUT2D eigenvalue weighted by molar-refractivity contribution is 9.10. The molecule has 1 aromatic heterocycles. The molecule has 0 fully saturated rings. The van der Waals surface area contributed by atoms with Crippen LogP contribution >= 0.6 is 27.5 Å². The van der Waals surface area contributed by atoms with E-state index in [9.17, 15) is 0 Å². The molecule has 2 rings (SSSR count). The molecule has 4 nitrogen and oxygen atoms in total. The number of halogens is 2. The summed E-state index contributed by atoms with van der Waals surface area (Å²) in [5, 5.41) is 4.00. The Bertz CT molecular complexity index is 601. The van der Waals surface area contributed by atoms with Crippen molar-refractivity contribution < 1.29 is 4.74 Å². The van der Waals surface area contributed by atoms with Crippen LogP contribution in [0.15, 0.2) is 28.9 Å². The predicted octanol–water partition coefficient (Wildman–Crippen LogP) is 3.91. The molecule has 6 heteroatoms. The summed E-state index contributed by atoms with van der Waals surface area (Å²) < 4.78 is 8.76. The van der Waals surface area contributed by atoms with Crippen LogP contribution in [0, 0.1) is 0 Å². The number of rotatable bonds is 7. The van der Waals surface area contributed by atoms with Gasteiger partial charge in [0.1, 0.15) is 23.3 Å². The van der Waals surface area contributed by atoms with Crippen molar-refractivity contribution in [1.29, 1.82) is 0 Å². The number of imidazole rings is 1. The van der Waals surface area contributed by atoms with Gasteiger partial charge in [0.05, 0.1) is 6.20 Å². The summed E-state index contributed by atoms with van der Waals surface area (Å²) >= 11 is 9.48. The molecule has 21 heavy (non-hydrogen) atoms. The largest absolute Gasteiger partial charge is 0.485 e. The maximum absolute atomic E-state index is 5.98. The third-order valence-corrected chi connectivity index (χ3v) is 3.99. The van der Waals surface area contributed by atoms with Crippen molar-refractivity contribution >= 4 is 27.5 Å². The summed E-state index contributed by atoms with van der Waals surface area (Å²) in [5.74, 6) is 1.66. The maximum Gasteiger partial charge on any atom is 0.147 e. The van der Waals surface area contributed by atoms with Gasteiger partial charge in [0, 0.05) is 23.6 Å². The maximum atomic E-state index is 5.98. The van der Waals surface area contributed by atoms with E-state index in [0.717, 1.165) is 41.1 Å². The Hall–Kier alpha value is -1.04. The second-order valence-corrected chi connectivity index (χ2v) is 6.08. The zero-order valence-electron chi connectivity index (χ0n) is 12.2. The van der Waals surface area contributed by atoms with E-state index < -0.39 is 0 Å². The summed E-state index contributed by atoms with van der Waals surface area (Å²) in [7, 11) is 1.87. The van der Waals surface area contributed by atoms with Crippen molar-refractivity contribution in [3.05, 3.63) is 45.4 Å². The van der Waals surface area contributed by atoms with Crippen LogP contribution in [0.2, 0.25) is 5.15 Å². The highest BCUT2D eigenvalue weighted by Crippen LogP contribution is 2.24. The van der Waals surface area contributed by atoms with E-state index in [-0.39, 0.29) is 0 Å². The topological polar surface area (TPSA) is 39.1 Å². The van der Waals surface area contributed by atoms with Gasteiger partial charge in [-0.25, -0.2) is 4.98 Å². The Kier molecular flexibility index (Phi) is 6.08. The van der Waals surface area contributed by atoms with Crippen LogP contribution in [-0.2, 0) is 20.2 Å². The molecule has 1 aromatic carbocycles. The monoisotopic (exact) mass is 371 g/mol. The normalized spacial score (nSPS) is 10.9. The van der Waals surface area contributed by atoms with Gasteiger partial charge in [0.15, 0.2) is 0 Å². The first kappa shape index (κ1) is 16.3. The van der Waals surface area contributed by atoms with Gasteiger partial charge in [-0.1, -0.05) is 34.5 Å². The molecule has 0 saturated heterocycles. The fourth-order valence-electron chi connectivity index (χ4n) is 1.93.